The van der Waals surface area contributed by atoms with Crippen LogP contribution in [-0.2, 0) is 0 Å². The molecule has 1 fully saturated rings. The molecule has 0 amide bonds. The van der Waals surface area contributed by atoms with Gasteiger partial charge in [-0.2, -0.15) is 5.26 Å². The van der Waals surface area contributed by atoms with Gasteiger partial charge in [-0.15, -0.1) is 0 Å². The summed E-state index contributed by atoms with van der Waals surface area (Å²) in [6, 6.07) is 2.47. The van der Waals surface area contributed by atoms with Crippen molar-refractivity contribution < 1.29 is 0 Å². The maximum absolute atomic E-state index is 8.54. The second kappa shape index (κ2) is 3.62. The molecule has 2 unspecified atom stereocenters. The van der Waals surface area contributed by atoms with Crippen molar-refractivity contribution in [3.05, 3.63) is 18.1 Å². The molecule has 0 bridgehead atoms. The standard InChI is InChI=1S/C10H12N4/c1-7-2-3-9(7)14-10-6-12-8(4-11)5-13-10/h5-7,9H,2-3H2,1H3,(H,13,14). The first-order valence-corrected chi connectivity index (χ1v) is 4.78. The fourth-order valence-corrected chi connectivity index (χ4v) is 1.53. The van der Waals surface area contributed by atoms with Crippen molar-refractivity contribution in [1.29, 1.82) is 5.26 Å². The minimum atomic E-state index is 0.359. The molecular weight excluding hydrogens is 176 g/mol. The number of nitrogens with zero attached hydrogens (tertiary/aromatic N) is 3. The largest absolute Gasteiger partial charge is 0.366 e. The average molecular weight is 188 g/mol. The van der Waals surface area contributed by atoms with Crippen LogP contribution in [0.25, 0.3) is 0 Å². The van der Waals surface area contributed by atoms with Crippen molar-refractivity contribution in [1.82, 2.24) is 9.97 Å². The molecule has 1 saturated carbocycles. The minimum Gasteiger partial charge on any atom is -0.366 e. The van der Waals surface area contributed by atoms with Crippen LogP contribution in [0.15, 0.2) is 12.4 Å². The van der Waals surface area contributed by atoms with Gasteiger partial charge in [0.2, 0.25) is 0 Å². The van der Waals surface area contributed by atoms with Crippen LogP contribution >= 0.6 is 0 Å². The van der Waals surface area contributed by atoms with Crippen molar-refractivity contribution in [2.75, 3.05) is 5.32 Å². The first-order valence-electron chi connectivity index (χ1n) is 4.78. The maximum Gasteiger partial charge on any atom is 0.158 e. The van der Waals surface area contributed by atoms with E-state index in [9.17, 15) is 0 Å². The van der Waals surface area contributed by atoms with Gasteiger partial charge in [0.05, 0.1) is 12.4 Å². The molecule has 14 heavy (non-hydrogen) atoms. The van der Waals surface area contributed by atoms with Crippen molar-refractivity contribution in [3.8, 4) is 6.07 Å². The van der Waals surface area contributed by atoms with Gasteiger partial charge in [-0.05, 0) is 18.8 Å². The molecule has 2 atom stereocenters. The Hall–Kier alpha value is -1.63. The van der Waals surface area contributed by atoms with Gasteiger partial charge in [0.15, 0.2) is 5.69 Å². The highest BCUT2D eigenvalue weighted by atomic mass is 15.0. The molecule has 2 rings (SSSR count). The van der Waals surface area contributed by atoms with Gasteiger partial charge in [0.1, 0.15) is 11.9 Å². The molecule has 0 aliphatic heterocycles. The molecule has 0 spiro atoms. The Morgan fingerprint density at radius 2 is 2.29 bits per heavy atom. The minimum absolute atomic E-state index is 0.359. The predicted molar refractivity (Wildman–Crippen MR) is 52.6 cm³/mol. The van der Waals surface area contributed by atoms with E-state index in [1.165, 1.54) is 19.0 Å². The second-order valence-corrected chi connectivity index (χ2v) is 3.70. The van der Waals surface area contributed by atoms with Gasteiger partial charge in [0, 0.05) is 6.04 Å². The number of anilines is 1. The summed E-state index contributed by atoms with van der Waals surface area (Å²) < 4.78 is 0. The quantitative estimate of drug-likeness (QED) is 0.765. The Morgan fingerprint density at radius 1 is 1.43 bits per heavy atom. The van der Waals surface area contributed by atoms with E-state index in [1.54, 1.807) is 6.20 Å². The van der Waals surface area contributed by atoms with Gasteiger partial charge >= 0.3 is 0 Å². The Bertz CT molecular complexity index is 351. The molecule has 1 N–H and O–H groups in total. The maximum atomic E-state index is 8.54. The molecule has 4 heteroatoms. The smallest absolute Gasteiger partial charge is 0.158 e. The van der Waals surface area contributed by atoms with Gasteiger partial charge in [-0.1, -0.05) is 6.92 Å². The molecule has 0 radical (unpaired) electrons. The molecule has 1 aliphatic rings. The first kappa shape index (κ1) is 8.95. The molecule has 1 aromatic heterocycles. The summed E-state index contributed by atoms with van der Waals surface area (Å²) in [7, 11) is 0. The number of rotatable bonds is 2. The number of aromatic nitrogens is 2. The average Bonchev–Trinajstić information content (AvgIpc) is 2.24. The summed E-state index contributed by atoms with van der Waals surface area (Å²) in [5, 5.41) is 11.8. The SMILES string of the molecule is CC1CCC1Nc1cnc(C#N)cn1. The van der Waals surface area contributed by atoms with Crippen molar-refractivity contribution >= 4 is 5.82 Å². The Balaban J connectivity index is 2.00. The van der Waals surface area contributed by atoms with Gasteiger partial charge in [-0.3, -0.25) is 0 Å². The number of hydrogen-bond donors (Lipinski definition) is 1. The van der Waals surface area contributed by atoms with E-state index in [1.807, 2.05) is 6.07 Å². The molecule has 0 saturated heterocycles. The van der Waals surface area contributed by atoms with E-state index in [-0.39, 0.29) is 0 Å². The van der Waals surface area contributed by atoms with E-state index in [4.69, 9.17) is 5.26 Å². The molecule has 4 nitrogen and oxygen atoms in total. The molecular formula is C10H12N4. The molecule has 1 aromatic rings. The zero-order chi connectivity index (χ0) is 9.97. The van der Waals surface area contributed by atoms with Crippen LogP contribution < -0.4 is 5.32 Å². The van der Waals surface area contributed by atoms with Crippen molar-refractivity contribution in [2.45, 2.75) is 25.8 Å². The summed E-state index contributed by atoms with van der Waals surface area (Å²) in [6.07, 6.45) is 5.58. The topological polar surface area (TPSA) is 61.6 Å². The lowest BCUT2D eigenvalue weighted by molar-refractivity contribution is 0.303. The number of hydrogen-bond acceptors (Lipinski definition) is 4. The number of nitriles is 1. The van der Waals surface area contributed by atoms with E-state index < -0.39 is 0 Å². The molecule has 1 aliphatic carbocycles. The summed E-state index contributed by atoms with van der Waals surface area (Å²) in [5.74, 6) is 1.48. The highest BCUT2D eigenvalue weighted by Gasteiger charge is 2.26. The molecule has 1 heterocycles. The van der Waals surface area contributed by atoms with Gasteiger partial charge < -0.3 is 5.32 Å². The summed E-state index contributed by atoms with van der Waals surface area (Å²) in [6.45, 7) is 2.22. The predicted octanol–water partition coefficient (Wildman–Crippen LogP) is 1.56. The molecule has 0 aromatic carbocycles. The van der Waals surface area contributed by atoms with E-state index in [2.05, 4.69) is 22.2 Å². The summed E-state index contributed by atoms with van der Waals surface area (Å²) in [5.41, 5.74) is 0.359. The lowest BCUT2D eigenvalue weighted by Gasteiger charge is -2.34. The fourth-order valence-electron chi connectivity index (χ4n) is 1.53. The fraction of sp³-hybridized carbons (Fsp3) is 0.500. The van der Waals surface area contributed by atoms with Crippen LogP contribution in [-0.4, -0.2) is 16.0 Å². The number of nitrogens with one attached hydrogen (secondary N) is 1. The van der Waals surface area contributed by atoms with Crippen molar-refractivity contribution in [2.24, 2.45) is 5.92 Å². The zero-order valence-electron chi connectivity index (χ0n) is 8.07. The highest BCUT2D eigenvalue weighted by Crippen LogP contribution is 2.28. The van der Waals surface area contributed by atoms with Crippen LogP contribution in [0.5, 0.6) is 0 Å². The third-order valence-electron chi connectivity index (χ3n) is 2.72. The Kier molecular flexibility index (Phi) is 2.32. The lowest BCUT2D eigenvalue weighted by Crippen LogP contribution is -2.36. The summed E-state index contributed by atoms with van der Waals surface area (Å²) >= 11 is 0. The third kappa shape index (κ3) is 1.67. The normalized spacial score (nSPS) is 24.9. The van der Waals surface area contributed by atoms with Crippen LogP contribution in [0.1, 0.15) is 25.5 Å². The zero-order valence-corrected chi connectivity index (χ0v) is 8.07. The highest BCUT2D eigenvalue weighted by molar-refractivity contribution is 5.35. The van der Waals surface area contributed by atoms with Crippen molar-refractivity contribution in [3.63, 3.8) is 0 Å². The van der Waals surface area contributed by atoms with E-state index >= 15 is 0 Å². The third-order valence-corrected chi connectivity index (χ3v) is 2.72. The van der Waals surface area contributed by atoms with Crippen LogP contribution in [0, 0.1) is 17.2 Å². The van der Waals surface area contributed by atoms with E-state index in [0.717, 1.165) is 5.82 Å². The summed E-state index contributed by atoms with van der Waals surface area (Å²) in [4.78, 5) is 8.06. The van der Waals surface area contributed by atoms with Crippen LogP contribution in [0.3, 0.4) is 0 Å². The first-order chi connectivity index (χ1) is 6.79. The monoisotopic (exact) mass is 188 g/mol. The van der Waals surface area contributed by atoms with Gasteiger partial charge in [0.25, 0.3) is 0 Å². The Labute approximate surface area is 83.0 Å². The van der Waals surface area contributed by atoms with Crippen LogP contribution in [0.2, 0.25) is 0 Å². The van der Waals surface area contributed by atoms with Crippen LogP contribution in [0.4, 0.5) is 5.82 Å². The Morgan fingerprint density at radius 3 is 2.71 bits per heavy atom. The van der Waals surface area contributed by atoms with E-state index in [0.29, 0.717) is 17.7 Å². The second-order valence-electron chi connectivity index (χ2n) is 3.70. The van der Waals surface area contributed by atoms with Gasteiger partial charge in [-0.25, -0.2) is 9.97 Å². The lowest BCUT2D eigenvalue weighted by atomic mass is 9.81. The molecule has 72 valence electrons.